The van der Waals surface area contributed by atoms with Crippen molar-refractivity contribution in [1.82, 2.24) is 5.32 Å². The molecule has 0 radical (unpaired) electrons. The minimum Gasteiger partial charge on any atom is -0.478 e. The lowest BCUT2D eigenvalue weighted by molar-refractivity contribution is -0.131. The van der Waals surface area contributed by atoms with Crippen molar-refractivity contribution in [1.29, 1.82) is 0 Å². The lowest BCUT2D eigenvalue weighted by atomic mass is 9.95. The van der Waals surface area contributed by atoms with Crippen molar-refractivity contribution in [2.24, 2.45) is 11.8 Å². The summed E-state index contributed by atoms with van der Waals surface area (Å²) in [7, 11) is 0. The molecule has 3 rings (SSSR count). The van der Waals surface area contributed by atoms with Crippen molar-refractivity contribution in [3.63, 3.8) is 0 Å². The number of hydrogen-bond acceptors (Lipinski definition) is 3. The van der Waals surface area contributed by atoms with Gasteiger partial charge in [-0.15, -0.1) is 11.3 Å². The van der Waals surface area contributed by atoms with E-state index in [4.69, 9.17) is 5.11 Å². The second kappa shape index (κ2) is 5.40. The standard InChI is InChI=1S/C15H17NO3S/c17-14(18)4-3-12-7-11(8-20-12)15(19)16-13-6-9-1-2-10(13)5-9/h3-4,7-10,13H,1-2,5-6H2,(H,16,19)(H,17,18). The molecular formula is C15H17NO3S. The molecule has 4 nitrogen and oxygen atoms in total. The highest BCUT2D eigenvalue weighted by Crippen LogP contribution is 2.44. The van der Waals surface area contributed by atoms with E-state index in [1.807, 2.05) is 0 Å². The summed E-state index contributed by atoms with van der Waals surface area (Å²) in [5.74, 6) is 0.455. The largest absolute Gasteiger partial charge is 0.478 e. The minimum atomic E-state index is -0.980. The van der Waals surface area contributed by atoms with E-state index in [0.29, 0.717) is 17.5 Å². The van der Waals surface area contributed by atoms with Gasteiger partial charge in [-0.3, -0.25) is 4.79 Å². The number of hydrogen-bond donors (Lipinski definition) is 2. The molecule has 5 heteroatoms. The van der Waals surface area contributed by atoms with E-state index in [0.717, 1.165) is 23.3 Å². The van der Waals surface area contributed by atoms with Crippen molar-refractivity contribution < 1.29 is 14.7 Å². The molecule has 0 saturated heterocycles. The van der Waals surface area contributed by atoms with Gasteiger partial charge in [0.2, 0.25) is 0 Å². The SMILES string of the molecule is O=C(O)C=Cc1cc(C(=O)NC2CC3CCC2C3)cs1. The Hall–Kier alpha value is -1.62. The van der Waals surface area contributed by atoms with E-state index in [9.17, 15) is 9.59 Å². The van der Waals surface area contributed by atoms with Crippen LogP contribution in [0.2, 0.25) is 0 Å². The molecule has 1 aromatic heterocycles. The zero-order valence-electron chi connectivity index (χ0n) is 11.0. The third-order valence-corrected chi connectivity index (χ3v) is 5.22. The Balaban J connectivity index is 1.61. The number of rotatable bonds is 4. The van der Waals surface area contributed by atoms with Crippen LogP contribution in [-0.4, -0.2) is 23.0 Å². The van der Waals surface area contributed by atoms with Crippen LogP contribution in [0.3, 0.4) is 0 Å². The van der Waals surface area contributed by atoms with Gasteiger partial charge in [0.1, 0.15) is 0 Å². The van der Waals surface area contributed by atoms with Crippen LogP contribution in [0.1, 0.15) is 40.9 Å². The lowest BCUT2D eigenvalue weighted by Gasteiger charge is -2.22. The van der Waals surface area contributed by atoms with Gasteiger partial charge < -0.3 is 10.4 Å². The van der Waals surface area contributed by atoms with Gasteiger partial charge in [0.25, 0.3) is 5.91 Å². The van der Waals surface area contributed by atoms with Crippen molar-refractivity contribution in [3.05, 3.63) is 28.0 Å². The van der Waals surface area contributed by atoms with Gasteiger partial charge in [-0.25, -0.2) is 4.79 Å². The number of carbonyl (C=O) groups is 2. The van der Waals surface area contributed by atoms with Crippen LogP contribution < -0.4 is 5.32 Å². The third kappa shape index (κ3) is 2.77. The summed E-state index contributed by atoms with van der Waals surface area (Å²) in [6.07, 6.45) is 7.55. The molecule has 0 spiro atoms. The Morgan fingerprint density at radius 3 is 2.85 bits per heavy atom. The summed E-state index contributed by atoms with van der Waals surface area (Å²) in [5, 5.41) is 13.5. The van der Waals surface area contributed by atoms with Crippen molar-refractivity contribution in [3.8, 4) is 0 Å². The van der Waals surface area contributed by atoms with Gasteiger partial charge in [0.05, 0.1) is 5.56 Å². The molecule has 1 amide bonds. The number of thiophene rings is 1. The molecule has 3 unspecified atom stereocenters. The van der Waals surface area contributed by atoms with Crippen molar-refractivity contribution >= 4 is 29.3 Å². The molecule has 3 atom stereocenters. The number of carboxylic acid groups (broad SMARTS) is 1. The van der Waals surface area contributed by atoms with Gasteiger partial charge in [0, 0.05) is 22.4 Å². The van der Waals surface area contributed by atoms with Crippen molar-refractivity contribution in [2.45, 2.75) is 31.7 Å². The Morgan fingerprint density at radius 1 is 1.35 bits per heavy atom. The van der Waals surface area contributed by atoms with Gasteiger partial charge >= 0.3 is 5.97 Å². The second-order valence-corrected chi connectivity index (χ2v) is 6.61. The fourth-order valence-corrected chi connectivity index (χ4v) is 4.17. The number of nitrogens with one attached hydrogen (secondary N) is 1. The second-order valence-electron chi connectivity index (χ2n) is 5.66. The molecule has 0 aromatic carbocycles. The number of carbonyl (C=O) groups excluding carboxylic acids is 1. The maximum atomic E-state index is 12.2. The summed E-state index contributed by atoms with van der Waals surface area (Å²) < 4.78 is 0. The highest BCUT2D eigenvalue weighted by atomic mass is 32.1. The maximum Gasteiger partial charge on any atom is 0.328 e. The first-order valence-corrected chi connectivity index (χ1v) is 7.80. The molecule has 2 aliphatic carbocycles. The molecule has 2 fully saturated rings. The quantitative estimate of drug-likeness (QED) is 0.838. The zero-order chi connectivity index (χ0) is 14.1. The first-order chi connectivity index (χ1) is 9.61. The first-order valence-electron chi connectivity index (χ1n) is 6.92. The van der Waals surface area contributed by atoms with E-state index in [2.05, 4.69) is 5.32 Å². The minimum absolute atomic E-state index is 0.0335. The third-order valence-electron chi connectivity index (χ3n) is 4.33. The maximum absolute atomic E-state index is 12.2. The number of fused-ring (bicyclic) bond motifs is 2. The van der Waals surface area contributed by atoms with Crippen LogP contribution in [0.15, 0.2) is 17.5 Å². The lowest BCUT2D eigenvalue weighted by Crippen LogP contribution is -2.38. The van der Waals surface area contributed by atoms with Crippen molar-refractivity contribution in [2.75, 3.05) is 0 Å². The van der Waals surface area contributed by atoms with E-state index in [1.165, 1.54) is 36.7 Å². The topological polar surface area (TPSA) is 66.4 Å². The Labute approximate surface area is 121 Å². The smallest absolute Gasteiger partial charge is 0.328 e. The molecule has 2 saturated carbocycles. The van der Waals surface area contributed by atoms with Crippen LogP contribution in [0.5, 0.6) is 0 Å². The monoisotopic (exact) mass is 291 g/mol. The summed E-state index contributed by atoms with van der Waals surface area (Å²) in [6.45, 7) is 0. The van der Waals surface area contributed by atoms with Crippen LogP contribution in [0.4, 0.5) is 0 Å². The average Bonchev–Trinajstić information content (AvgIpc) is 3.12. The number of carboxylic acids is 1. The highest BCUT2D eigenvalue weighted by Gasteiger charge is 2.40. The number of amides is 1. The Morgan fingerprint density at radius 2 is 2.20 bits per heavy atom. The molecular weight excluding hydrogens is 274 g/mol. The number of aliphatic carboxylic acids is 1. The summed E-state index contributed by atoms with van der Waals surface area (Å²) >= 11 is 1.38. The Kier molecular flexibility index (Phi) is 3.61. The van der Waals surface area contributed by atoms with E-state index < -0.39 is 5.97 Å². The van der Waals surface area contributed by atoms with Gasteiger partial charge in [0.15, 0.2) is 0 Å². The molecule has 0 aliphatic heterocycles. The van der Waals surface area contributed by atoms with Crippen LogP contribution in [-0.2, 0) is 4.79 Å². The fourth-order valence-electron chi connectivity index (χ4n) is 3.39. The predicted octanol–water partition coefficient (Wildman–Crippen LogP) is 2.76. The normalized spacial score (nSPS) is 28.1. The summed E-state index contributed by atoms with van der Waals surface area (Å²) in [6, 6.07) is 2.08. The summed E-state index contributed by atoms with van der Waals surface area (Å²) in [5.41, 5.74) is 0.628. The fraction of sp³-hybridized carbons (Fsp3) is 0.467. The first kappa shape index (κ1) is 13.4. The average molecular weight is 291 g/mol. The van der Waals surface area contributed by atoms with Crippen LogP contribution >= 0.6 is 11.3 Å². The van der Waals surface area contributed by atoms with E-state index >= 15 is 0 Å². The van der Waals surface area contributed by atoms with Gasteiger partial charge in [-0.05, 0) is 43.2 Å². The molecule has 106 valence electrons. The van der Waals surface area contributed by atoms with E-state index in [1.54, 1.807) is 11.4 Å². The molecule has 2 aliphatic rings. The predicted molar refractivity (Wildman–Crippen MR) is 77.7 cm³/mol. The molecule has 2 bridgehead atoms. The zero-order valence-corrected chi connectivity index (χ0v) is 11.9. The summed E-state index contributed by atoms with van der Waals surface area (Å²) in [4.78, 5) is 23.4. The highest BCUT2D eigenvalue weighted by molar-refractivity contribution is 7.11. The van der Waals surface area contributed by atoms with Gasteiger partial charge in [-0.1, -0.05) is 6.42 Å². The van der Waals surface area contributed by atoms with E-state index in [-0.39, 0.29) is 5.91 Å². The van der Waals surface area contributed by atoms with Crippen LogP contribution in [0.25, 0.3) is 6.08 Å². The molecule has 20 heavy (non-hydrogen) atoms. The molecule has 1 heterocycles. The molecule has 2 N–H and O–H groups in total. The van der Waals surface area contributed by atoms with Gasteiger partial charge in [-0.2, -0.15) is 0 Å². The Bertz CT molecular complexity index is 563. The molecule has 1 aromatic rings. The van der Waals surface area contributed by atoms with Crippen LogP contribution in [0, 0.1) is 11.8 Å².